The molecule has 0 atom stereocenters. The number of carbonyl (C=O) groups excluding carboxylic acids is 1. The molecule has 120 valence electrons. The maximum atomic E-state index is 13.6. The summed E-state index contributed by atoms with van der Waals surface area (Å²) >= 11 is 5.91. The summed E-state index contributed by atoms with van der Waals surface area (Å²) in [5.41, 5.74) is 2.13. The van der Waals surface area contributed by atoms with E-state index in [2.05, 4.69) is 26.1 Å². The Bertz CT molecular complexity index is 710. The molecule has 0 unspecified atom stereocenters. The van der Waals surface area contributed by atoms with Crippen LogP contribution in [-0.2, 0) is 10.2 Å². The largest absolute Gasteiger partial charge is 0.323 e. The van der Waals surface area contributed by atoms with Crippen molar-refractivity contribution in [3.8, 4) is 0 Å². The molecule has 2 nitrogen and oxygen atoms in total. The van der Waals surface area contributed by atoms with E-state index in [1.54, 1.807) is 6.07 Å². The van der Waals surface area contributed by atoms with Gasteiger partial charge in [0, 0.05) is 17.3 Å². The lowest BCUT2D eigenvalue weighted by Crippen LogP contribution is -2.12. The predicted octanol–water partition coefficient (Wildman–Crippen LogP) is 5.43. The summed E-state index contributed by atoms with van der Waals surface area (Å²) in [6.45, 7) is 6.38. The lowest BCUT2D eigenvalue weighted by Gasteiger charge is -2.19. The van der Waals surface area contributed by atoms with Crippen LogP contribution >= 0.6 is 11.6 Å². The molecule has 0 radical (unpaired) electrons. The molecule has 0 heterocycles. The maximum Gasteiger partial charge on any atom is 0.248 e. The van der Waals surface area contributed by atoms with E-state index >= 15 is 0 Å². The number of benzene rings is 2. The molecule has 0 bridgehead atoms. The number of hydrogen-bond donors (Lipinski definition) is 1. The summed E-state index contributed by atoms with van der Waals surface area (Å²) in [6.07, 6.45) is 2.64. The number of halogens is 2. The Kier molecular flexibility index (Phi) is 5.22. The third-order valence-corrected chi connectivity index (χ3v) is 3.75. The highest BCUT2D eigenvalue weighted by molar-refractivity contribution is 6.32. The third-order valence-electron chi connectivity index (χ3n) is 3.42. The zero-order valence-electron chi connectivity index (χ0n) is 13.4. The van der Waals surface area contributed by atoms with E-state index < -0.39 is 5.82 Å². The summed E-state index contributed by atoms with van der Waals surface area (Å²) in [6, 6.07) is 12.1. The van der Waals surface area contributed by atoms with Gasteiger partial charge in [-0.25, -0.2) is 4.39 Å². The second kappa shape index (κ2) is 6.97. The number of anilines is 1. The van der Waals surface area contributed by atoms with Crippen LogP contribution in [0.1, 0.15) is 31.9 Å². The average Bonchev–Trinajstić information content (AvgIpc) is 2.46. The molecule has 4 heteroatoms. The van der Waals surface area contributed by atoms with Gasteiger partial charge in [-0.3, -0.25) is 4.79 Å². The molecule has 0 fully saturated rings. The smallest absolute Gasteiger partial charge is 0.248 e. The lowest BCUT2D eigenvalue weighted by molar-refractivity contribution is -0.111. The Labute approximate surface area is 141 Å². The zero-order chi connectivity index (χ0) is 17.0. The van der Waals surface area contributed by atoms with Gasteiger partial charge in [-0.15, -0.1) is 0 Å². The molecule has 2 aromatic rings. The first-order valence-corrected chi connectivity index (χ1v) is 7.69. The standard InChI is InChI=1S/C19H19ClFNO/c1-19(2,3)13-7-9-14(10-8-13)22-18(23)12-11-15-16(20)5-4-6-17(15)21/h4-12H,1-3H3,(H,22,23)/b12-11+. The summed E-state index contributed by atoms with van der Waals surface area (Å²) in [5.74, 6) is -0.802. The maximum absolute atomic E-state index is 13.6. The van der Waals surface area contributed by atoms with E-state index in [0.717, 1.165) is 0 Å². The van der Waals surface area contributed by atoms with Gasteiger partial charge >= 0.3 is 0 Å². The van der Waals surface area contributed by atoms with Gasteiger partial charge in [0.25, 0.3) is 0 Å². The van der Waals surface area contributed by atoms with Crippen molar-refractivity contribution in [3.63, 3.8) is 0 Å². The highest BCUT2D eigenvalue weighted by Crippen LogP contribution is 2.24. The van der Waals surface area contributed by atoms with Crippen LogP contribution in [0.15, 0.2) is 48.5 Å². The van der Waals surface area contributed by atoms with E-state index in [0.29, 0.717) is 5.69 Å². The van der Waals surface area contributed by atoms with Crippen molar-refractivity contribution >= 4 is 29.3 Å². The first-order valence-electron chi connectivity index (χ1n) is 7.31. The minimum Gasteiger partial charge on any atom is -0.323 e. The van der Waals surface area contributed by atoms with Crippen LogP contribution in [-0.4, -0.2) is 5.91 Å². The summed E-state index contributed by atoms with van der Waals surface area (Å²) < 4.78 is 13.6. The monoisotopic (exact) mass is 331 g/mol. The zero-order valence-corrected chi connectivity index (χ0v) is 14.1. The van der Waals surface area contributed by atoms with Crippen molar-refractivity contribution < 1.29 is 9.18 Å². The molecule has 0 spiro atoms. The first-order chi connectivity index (χ1) is 10.8. The van der Waals surface area contributed by atoms with Crippen molar-refractivity contribution in [1.82, 2.24) is 0 Å². The van der Waals surface area contributed by atoms with Crippen molar-refractivity contribution in [3.05, 3.63) is 70.5 Å². The van der Waals surface area contributed by atoms with Crippen LogP contribution in [0.3, 0.4) is 0 Å². The van der Waals surface area contributed by atoms with Crippen LogP contribution in [0.5, 0.6) is 0 Å². The Morgan fingerprint density at radius 2 is 1.78 bits per heavy atom. The fourth-order valence-corrected chi connectivity index (χ4v) is 2.29. The molecule has 2 aromatic carbocycles. The highest BCUT2D eigenvalue weighted by Gasteiger charge is 2.13. The Morgan fingerprint density at radius 1 is 1.13 bits per heavy atom. The predicted molar refractivity (Wildman–Crippen MR) is 94.2 cm³/mol. The van der Waals surface area contributed by atoms with E-state index in [1.807, 2.05) is 24.3 Å². The van der Waals surface area contributed by atoms with E-state index in [-0.39, 0.29) is 21.9 Å². The minimum absolute atomic E-state index is 0.0596. The van der Waals surface area contributed by atoms with Crippen molar-refractivity contribution in [1.29, 1.82) is 0 Å². The molecule has 0 aliphatic rings. The van der Waals surface area contributed by atoms with Gasteiger partial charge in [0.2, 0.25) is 5.91 Å². The quantitative estimate of drug-likeness (QED) is 0.747. The molecule has 0 saturated carbocycles. The van der Waals surface area contributed by atoms with Crippen LogP contribution in [0.4, 0.5) is 10.1 Å². The number of amides is 1. The molecule has 0 aromatic heterocycles. The number of rotatable bonds is 3. The SMILES string of the molecule is CC(C)(C)c1ccc(NC(=O)/C=C/c2c(F)cccc2Cl)cc1. The Hall–Kier alpha value is -2.13. The summed E-state index contributed by atoms with van der Waals surface area (Å²) in [5, 5.41) is 3.01. The molecule has 1 N–H and O–H groups in total. The Morgan fingerprint density at radius 3 is 2.35 bits per heavy atom. The molecule has 0 aliphatic heterocycles. The van der Waals surface area contributed by atoms with Crippen LogP contribution in [0, 0.1) is 5.82 Å². The van der Waals surface area contributed by atoms with Gasteiger partial charge in [0.15, 0.2) is 0 Å². The fraction of sp³-hybridized carbons (Fsp3) is 0.211. The van der Waals surface area contributed by atoms with Crippen molar-refractivity contribution in [2.45, 2.75) is 26.2 Å². The van der Waals surface area contributed by atoms with Gasteiger partial charge in [0.1, 0.15) is 5.82 Å². The molecule has 23 heavy (non-hydrogen) atoms. The molecular formula is C19H19ClFNO. The second-order valence-corrected chi connectivity index (χ2v) is 6.69. The number of hydrogen-bond acceptors (Lipinski definition) is 1. The van der Waals surface area contributed by atoms with Gasteiger partial charge in [0.05, 0.1) is 5.02 Å². The second-order valence-electron chi connectivity index (χ2n) is 6.29. The summed E-state index contributed by atoms with van der Waals surface area (Å²) in [7, 11) is 0. The van der Waals surface area contributed by atoms with E-state index in [9.17, 15) is 9.18 Å². The van der Waals surface area contributed by atoms with Crippen molar-refractivity contribution in [2.24, 2.45) is 0 Å². The minimum atomic E-state index is -0.462. The normalized spacial score (nSPS) is 11.7. The van der Waals surface area contributed by atoms with Gasteiger partial charge in [-0.1, -0.05) is 50.6 Å². The molecule has 0 aliphatic carbocycles. The number of nitrogens with one attached hydrogen (secondary N) is 1. The Balaban J connectivity index is 2.06. The van der Waals surface area contributed by atoms with E-state index in [4.69, 9.17) is 11.6 Å². The fourth-order valence-electron chi connectivity index (χ4n) is 2.07. The lowest BCUT2D eigenvalue weighted by atomic mass is 9.87. The molecule has 1 amide bonds. The van der Waals surface area contributed by atoms with Gasteiger partial charge in [-0.2, -0.15) is 0 Å². The molecular weight excluding hydrogens is 313 g/mol. The van der Waals surface area contributed by atoms with Crippen LogP contribution in [0.2, 0.25) is 5.02 Å². The first kappa shape index (κ1) is 17.2. The van der Waals surface area contributed by atoms with Crippen LogP contribution < -0.4 is 5.32 Å². The third kappa shape index (κ3) is 4.67. The van der Waals surface area contributed by atoms with Crippen molar-refractivity contribution in [2.75, 3.05) is 5.32 Å². The topological polar surface area (TPSA) is 29.1 Å². The average molecular weight is 332 g/mol. The summed E-state index contributed by atoms with van der Waals surface area (Å²) in [4.78, 5) is 11.9. The van der Waals surface area contributed by atoms with E-state index in [1.165, 1.54) is 29.8 Å². The van der Waals surface area contributed by atoms with Gasteiger partial charge in [-0.05, 0) is 41.3 Å². The molecule has 2 rings (SSSR count). The van der Waals surface area contributed by atoms with Crippen LogP contribution in [0.25, 0.3) is 6.08 Å². The molecule has 0 saturated heterocycles. The highest BCUT2D eigenvalue weighted by atomic mass is 35.5. The van der Waals surface area contributed by atoms with Gasteiger partial charge < -0.3 is 5.32 Å². The number of carbonyl (C=O) groups is 1.